The molecule has 1 aliphatic heterocycles. The van der Waals surface area contributed by atoms with E-state index in [4.69, 9.17) is 4.74 Å². The summed E-state index contributed by atoms with van der Waals surface area (Å²) in [6, 6.07) is 8.09. The molecule has 6 heteroatoms. The van der Waals surface area contributed by atoms with Crippen LogP contribution in [0.1, 0.15) is 43.0 Å². The standard InChI is InChI=1S/C23H31N3O2S/c1-17-5-4-12-26(14-17)18(2)13-24-23(27)11-8-20-6-9-22(10-7-20)28-15-21-16-29-19(3)25-21/h6-11,16-18H,4-5,12-15H2,1-3H3,(H,24,27)/b11-8+. The number of nitrogens with one attached hydrogen (secondary N) is 1. The van der Waals surface area contributed by atoms with Gasteiger partial charge in [-0.2, -0.15) is 0 Å². The zero-order valence-electron chi connectivity index (χ0n) is 17.6. The Kier molecular flexibility index (Phi) is 7.83. The summed E-state index contributed by atoms with van der Waals surface area (Å²) >= 11 is 1.62. The van der Waals surface area contributed by atoms with Gasteiger partial charge >= 0.3 is 0 Å². The zero-order chi connectivity index (χ0) is 20.6. The Morgan fingerprint density at radius 1 is 1.41 bits per heavy atom. The van der Waals surface area contributed by atoms with Crippen molar-refractivity contribution in [3.05, 3.63) is 52.0 Å². The summed E-state index contributed by atoms with van der Waals surface area (Å²) in [6.45, 7) is 9.89. The minimum atomic E-state index is -0.0545. The summed E-state index contributed by atoms with van der Waals surface area (Å²) in [5.41, 5.74) is 1.91. The van der Waals surface area contributed by atoms with E-state index in [1.165, 1.54) is 12.8 Å². The molecule has 1 saturated heterocycles. The highest BCUT2D eigenvalue weighted by atomic mass is 32.1. The molecule has 29 heavy (non-hydrogen) atoms. The predicted molar refractivity (Wildman–Crippen MR) is 119 cm³/mol. The molecule has 5 nitrogen and oxygen atoms in total. The van der Waals surface area contributed by atoms with Gasteiger partial charge in [-0.15, -0.1) is 11.3 Å². The van der Waals surface area contributed by atoms with Crippen molar-refractivity contribution in [2.24, 2.45) is 5.92 Å². The molecular weight excluding hydrogens is 382 g/mol. The molecule has 1 aliphatic rings. The third-order valence-corrected chi connectivity index (χ3v) is 6.07. The maximum atomic E-state index is 12.1. The van der Waals surface area contributed by atoms with Crippen molar-refractivity contribution in [3.8, 4) is 5.75 Å². The zero-order valence-corrected chi connectivity index (χ0v) is 18.4. The third kappa shape index (κ3) is 6.98. The number of rotatable bonds is 8. The minimum absolute atomic E-state index is 0.0545. The van der Waals surface area contributed by atoms with E-state index < -0.39 is 0 Å². The molecule has 1 aromatic heterocycles. The van der Waals surface area contributed by atoms with E-state index in [1.807, 2.05) is 42.6 Å². The number of thiazole rings is 1. The van der Waals surface area contributed by atoms with Crippen LogP contribution in [0, 0.1) is 12.8 Å². The number of hydrogen-bond acceptors (Lipinski definition) is 5. The average Bonchev–Trinajstić information content (AvgIpc) is 3.15. The normalized spacial score (nSPS) is 18.7. The van der Waals surface area contributed by atoms with Gasteiger partial charge < -0.3 is 10.1 Å². The van der Waals surface area contributed by atoms with Gasteiger partial charge in [-0.1, -0.05) is 19.1 Å². The van der Waals surface area contributed by atoms with E-state index in [9.17, 15) is 4.79 Å². The van der Waals surface area contributed by atoms with Crippen LogP contribution >= 0.6 is 11.3 Å². The molecular formula is C23H31N3O2S. The summed E-state index contributed by atoms with van der Waals surface area (Å²) in [6.07, 6.45) is 5.99. The van der Waals surface area contributed by atoms with E-state index in [0.29, 0.717) is 19.2 Å². The number of amides is 1. The highest BCUT2D eigenvalue weighted by molar-refractivity contribution is 7.09. The summed E-state index contributed by atoms with van der Waals surface area (Å²) in [7, 11) is 0. The number of aryl methyl sites for hydroxylation is 1. The van der Waals surface area contributed by atoms with Gasteiger partial charge in [0.2, 0.25) is 5.91 Å². The summed E-state index contributed by atoms with van der Waals surface area (Å²) in [4.78, 5) is 19.0. The number of hydrogen-bond donors (Lipinski definition) is 1. The smallest absolute Gasteiger partial charge is 0.244 e. The molecule has 1 N–H and O–H groups in total. The molecule has 0 bridgehead atoms. The maximum absolute atomic E-state index is 12.1. The molecule has 0 aliphatic carbocycles. The number of carbonyl (C=O) groups excluding carboxylic acids is 1. The monoisotopic (exact) mass is 413 g/mol. The Hall–Kier alpha value is -2.18. The molecule has 0 saturated carbocycles. The lowest BCUT2D eigenvalue weighted by Crippen LogP contribution is -2.46. The van der Waals surface area contributed by atoms with Crippen LogP contribution < -0.4 is 10.1 Å². The van der Waals surface area contributed by atoms with Crippen LogP contribution in [0.15, 0.2) is 35.7 Å². The molecule has 2 aromatic rings. The van der Waals surface area contributed by atoms with Crippen molar-refractivity contribution in [2.75, 3.05) is 19.6 Å². The number of nitrogens with zero attached hydrogens (tertiary/aromatic N) is 2. The fraction of sp³-hybridized carbons (Fsp3) is 0.478. The number of likely N-dealkylation sites (tertiary alicyclic amines) is 1. The van der Waals surface area contributed by atoms with E-state index >= 15 is 0 Å². The van der Waals surface area contributed by atoms with Crippen molar-refractivity contribution >= 4 is 23.3 Å². The molecule has 156 valence electrons. The first-order valence-corrected chi connectivity index (χ1v) is 11.2. The fourth-order valence-corrected chi connectivity index (χ4v) is 4.14. The van der Waals surface area contributed by atoms with Gasteiger partial charge in [0.15, 0.2) is 0 Å². The first-order chi connectivity index (χ1) is 14.0. The van der Waals surface area contributed by atoms with Gasteiger partial charge in [0.1, 0.15) is 12.4 Å². The largest absolute Gasteiger partial charge is 0.487 e. The minimum Gasteiger partial charge on any atom is -0.487 e. The predicted octanol–water partition coefficient (Wildman–Crippen LogP) is 4.28. The lowest BCUT2D eigenvalue weighted by Gasteiger charge is -2.35. The van der Waals surface area contributed by atoms with Crippen LogP contribution in [0.3, 0.4) is 0 Å². The Balaban J connectivity index is 1.41. The summed E-state index contributed by atoms with van der Waals surface area (Å²) in [5, 5.41) is 6.07. The Morgan fingerprint density at radius 3 is 2.90 bits per heavy atom. The number of aromatic nitrogens is 1. The van der Waals surface area contributed by atoms with Crippen LogP contribution in [0.5, 0.6) is 5.75 Å². The number of benzene rings is 1. The molecule has 2 heterocycles. The second-order valence-electron chi connectivity index (χ2n) is 7.89. The number of carbonyl (C=O) groups is 1. The van der Waals surface area contributed by atoms with Crippen LogP contribution in [0.4, 0.5) is 0 Å². The lowest BCUT2D eigenvalue weighted by molar-refractivity contribution is -0.116. The van der Waals surface area contributed by atoms with E-state index in [2.05, 4.69) is 29.0 Å². The number of ether oxygens (including phenoxy) is 1. The Morgan fingerprint density at radius 2 is 2.21 bits per heavy atom. The molecule has 0 spiro atoms. The van der Waals surface area contributed by atoms with Gasteiger partial charge in [0.05, 0.1) is 10.7 Å². The average molecular weight is 414 g/mol. The molecule has 0 radical (unpaired) electrons. The van der Waals surface area contributed by atoms with E-state index in [-0.39, 0.29) is 5.91 Å². The highest BCUT2D eigenvalue weighted by Crippen LogP contribution is 2.18. The molecule has 2 unspecified atom stereocenters. The summed E-state index contributed by atoms with van der Waals surface area (Å²) in [5.74, 6) is 1.49. The quantitative estimate of drug-likeness (QED) is 0.656. The lowest BCUT2D eigenvalue weighted by atomic mass is 9.99. The van der Waals surface area contributed by atoms with Crippen LogP contribution in [0.2, 0.25) is 0 Å². The van der Waals surface area contributed by atoms with Crippen LogP contribution in [0.25, 0.3) is 6.08 Å². The van der Waals surface area contributed by atoms with Gasteiger partial charge in [0.25, 0.3) is 0 Å². The first kappa shape index (κ1) is 21.5. The third-order valence-electron chi connectivity index (χ3n) is 5.24. The second kappa shape index (κ2) is 10.6. The molecule has 1 fully saturated rings. The van der Waals surface area contributed by atoms with Crippen molar-refractivity contribution in [2.45, 2.75) is 46.3 Å². The van der Waals surface area contributed by atoms with Crippen LogP contribution in [-0.2, 0) is 11.4 Å². The Labute approximate surface area is 177 Å². The fourth-order valence-electron chi connectivity index (χ4n) is 3.54. The van der Waals surface area contributed by atoms with E-state index in [1.54, 1.807) is 17.4 Å². The van der Waals surface area contributed by atoms with Gasteiger partial charge in [-0.05, 0) is 62.9 Å². The highest BCUT2D eigenvalue weighted by Gasteiger charge is 2.20. The molecule has 1 aromatic carbocycles. The molecule has 2 atom stereocenters. The Bertz CT molecular complexity index is 816. The van der Waals surface area contributed by atoms with Crippen molar-refractivity contribution in [3.63, 3.8) is 0 Å². The molecule has 1 amide bonds. The first-order valence-electron chi connectivity index (χ1n) is 10.3. The number of piperidine rings is 1. The van der Waals surface area contributed by atoms with Gasteiger partial charge in [-0.25, -0.2) is 4.98 Å². The van der Waals surface area contributed by atoms with E-state index in [0.717, 1.165) is 41.0 Å². The topological polar surface area (TPSA) is 54.5 Å². The van der Waals surface area contributed by atoms with Gasteiger partial charge in [0, 0.05) is 30.6 Å². The van der Waals surface area contributed by atoms with Crippen LogP contribution in [-0.4, -0.2) is 41.5 Å². The van der Waals surface area contributed by atoms with Gasteiger partial charge in [-0.3, -0.25) is 9.69 Å². The SMILES string of the molecule is Cc1nc(COc2ccc(/C=C/C(=O)NCC(C)N3CCCC(C)C3)cc2)cs1. The van der Waals surface area contributed by atoms with Crippen molar-refractivity contribution in [1.82, 2.24) is 15.2 Å². The summed E-state index contributed by atoms with van der Waals surface area (Å²) < 4.78 is 5.75. The second-order valence-corrected chi connectivity index (χ2v) is 8.95. The maximum Gasteiger partial charge on any atom is 0.244 e. The van der Waals surface area contributed by atoms with Crippen molar-refractivity contribution in [1.29, 1.82) is 0 Å². The molecule has 3 rings (SSSR count). The van der Waals surface area contributed by atoms with Crippen molar-refractivity contribution < 1.29 is 9.53 Å².